The maximum Gasteiger partial charge on any atom is 0.362 e. The minimum absolute atomic E-state index is 0.0376. The van der Waals surface area contributed by atoms with Gasteiger partial charge in [-0.15, -0.1) is 0 Å². The van der Waals surface area contributed by atoms with Gasteiger partial charge in [0.05, 0.1) is 21.1 Å². The third kappa shape index (κ3) is 19.5. The third-order valence-electron chi connectivity index (χ3n) is 6.02. The van der Waals surface area contributed by atoms with Crippen LogP contribution < -0.4 is 0 Å². The maximum atomic E-state index is 11.8. The Hall–Kier alpha value is -0.450. The Balaban J connectivity index is 3.66. The van der Waals surface area contributed by atoms with Crippen molar-refractivity contribution in [1.82, 2.24) is 0 Å². The van der Waals surface area contributed by atoms with E-state index in [1.807, 2.05) is 21.1 Å². The van der Waals surface area contributed by atoms with Crippen LogP contribution in [0.4, 0.5) is 0 Å². The number of aliphatic hydroxyl groups is 1. The zero-order chi connectivity index (χ0) is 25.1. The van der Waals surface area contributed by atoms with Crippen LogP contribution in [0.5, 0.6) is 0 Å². The normalized spacial score (nSPS) is 15.0. The number of hydrogen-bond donors (Lipinski definition) is 3. The van der Waals surface area contributed by atoms with Crippen molar-refractivity contribution in [2.75, 3.05) is 27.7 Å². The molecule has 0 amide bonds. The van der Waals surface area contributed by atoms with Crippen LogP contribution in [0, 0.1) is 0 Å². The Bertz CT molecular complexity index is 565. The molecule has 0 spiro atoms. The predicted octanol–water partition coefficient (Wildman–Crippen LogP) is 7.32. The largest absolute Gasteiger partial charge is 0.373 e. The lowest BCUT2D eigenvalue weighted by molar-refractivity contribution is -0.875. The fraction of sp³-hybridized carbons (Fsp3) is 0.852. The summed E-state index contributed by atoms with van der Waals surface area (Å²) in [7, 11) is 0.916. The summed E-state index contributed by atoms with van der Waals surface area (Å²) in [5, 5.41) is 8.59. The summed E-state index contributed by atoms with van der Waals surface area (Å²) in [5.41, 5.74) is 0. The minimum Gasteiger partial charge on any atom is -0.373 e. The molecular weight excluding hydrogens is 433 g/mol. The predicted molar refractivity (Wildman–Crippen MR) is 142 cm³/mol. The molecule has 0 bridgehead atoms. The lowest BCUT2D eigenvalue weighted by atomic mass is 10.1. The van der Waals surface area contributed by atoms with Gasteiger partial charge in [0.15, 0.2) is 0 Å². The molecule has 0 aliphatic heterocycles. The molecule has 0 aromatic carbocycles. The van der Waals surface area contributed by atoms with E-state index in [1.165, 1.54) is 83.5 Å². The first kappa shape index (κ1) is 32.5. The van der Waals surface area contributed by atoms with Crippen molar-refractivity contribution in [3.63, 3.8) is 0 Å². The van der Waals surface area contributed by atoms with Gasteiger partial charge in [0.25, 0.3) is 0 Å². The molecule has 1 atom stereocenters. The van der Waals surface area contributed by atoms with E-state index in [2.05, 4.69) is 31.2 Å². The molecule has 0 fully saturated rings. The number of allylic oxidation sites excluding steroid dienone is 4. The number of unbranched alkanes of at least 4 members (excludes halogenated alkanes) is 13. The van der Waals surface area contributed by atoms with E-state index < -0.39 is 12.9 Å². The van der Waals surface area contributed by atoms with Crippen LogP contribution in [0.15, 0.2) is 24.3 Å². The molecule has 6 heteroatoms. The van der Waals surface area contributed by atoms with Crippen molar-refractivity contribution in [3.05, 3.63) is 24.3 Å². The molecular formula is C27H55NO4P+. The summed E-state index contributed by atoms with van der Waals surface area (Å²) in [5.74, 6) is 0. The average Bonchev–Trinajstić information content (AvgIpc) is 2.70. The van der Waals surface area contributed by atoms with Crippen LogP contribution in [0.25, 0.3) is 0 Å². The van der Waals surface area contributed by atoms with Crippen molar-refractivity contribution >= 4 is 7.60 Å². The second kappa shape index (κ2) is 18.8. The van der Waals surface area contributed by atoms with Crippen LogP contribution in [0.2, 0.25) is 0 Å². The molecule has 0 aromatic heterocycles. The number of quaternary nitrogens is 1. The highest BCUT2D eigenvalue weighted by molar-refractivity contribution is 7.53. The molecule has 0 aliphatic carbocycles. The van der Waals surface area contributed by atoms with Gasteiger partial charge in [-0.05, 0) is 57.8 Å². The molecule has 0 saturated carbocycles. The summed E-state index contributed by atoms with van der Waals surface area (Å²) in [6.45, 7) is 2.30. The van der Waals surface area contributed by atoms with E-state index in [4.69, 9.17) is 0 Å². The van der Waals surface area contributed by atoms with Gasteiger partial charge in [-0.2, -0.15) is 0 Å². The lowest BCUT2D eigenvalue weighted by Crippen LogP contribution is -2.49. The second-order valence-electron chi connectivity index (χ2n) is 10.7. The summed E-state index contributed by atoms with van der Waals surface area (Å²) < 4.78 is 12.1. The van der Waals surface area contributed by atoms with Gasteiger partial charge in [0, 0.05) is 0 Å². The zero-order valence-electron chi connectivity index (χ0n) is 22.2. The van der Waals surface area contributed by atoms with Crippen molar-refractivity contribution in [3.8, 4) is 0 Å². The SMILES string of the molecule is CCCCCCCC/C=C\CCCCCCC/C=C\CCCC(O)(C[N+](C)(C)C)P(=O)(O)O. The van der Waals surface area contributed by atoms with E-state index >= 15 is 0 Å². The Labute approximate surface area is 205 Å². The molecule has 0 saturated heterocycles. The van der Waals surface area contributed by atoms with Crippen molar-refractivity contribution < 1.29 is 23.9 Å². The summed E-state index contributed by atoms with van der Waals surface area (Å²) in [6.07, 6.45) is 28.5. The maximum absolute atomic E-state index is 11.8. The van der Waals surface area contributed by atoms with Crippen LogP contribution >= 0.6 is 7.60 Å². The number of likely N-dealkylation sites (N-methyl/N-ethyl adjacent to an activating group) is 1. The van der Waals surface area contributed by atoms with Gasteiger partial charge < -0.3 is 19.4 Å². The molecule has 5 nitrogen and oxygen atoms in total. The van der Waals surface area contributed by atoms with E-state index in [-0.39, 0.29) is 13.0 Å². The fourth-order valence-corrected chi connectivity index (χ4v) is 5.21. The van der Waals surface area contributed by atoms with Crippen molar-refractivity contribution in [1.29, 1.82) is 0 Å². The van der Waals surface area contributed by atoms with Crippen LogP contribution in [0.3, 0.4) is 0 Å². The quantitative estimate of drug-likeness (QED) is 0.0645. The molecule has 33 heavy (non-hydrogen) atoms. The van der Waals surface area contributed by atoms with Gasteiger partial charge in [-0.25, -0.2) is 0 Å². The Morgan fingerprint density at radius 3 is 1.39 bits per heavy atom. The first-order valence-corrected chi connectivity index (χ1v) is 15.0. The van der Waals surface area contributed by atoms with Gasteiger partial charge in [-0.1, -0.05) is 82.6 Å². The molecule has 0 radical (unpaired) electrons. The van der Waals surface area contributed by atoms with Crippen LogP contribution in [0.1, 0.15) is 116 Å². The van der Waals surface area contributed by atoms with Gasteiger partial charge in [0.1, 0.15) is 6.54 Å². The molecule has 3 N–H and O–H groups in total. The topological polar surface area (TPSA) is 77.8 Å². The standard InChI is InChI=1S/C27H54NO4P/c1-5-6-7-8-9-10-11-12-13-14-15-16-17-18-19-20-21-22-23-24-25-27(29,33(30,31)32)26-28(2,3)4/h12-13,21-22,29H,5-11,14-20,23-26H2,1-4H3,(H-,30,31,32)/p+1/b13-12-,22-21-. The molecule has 196 valence electrons. The fourth-order valence-electron chi connectivity index (χ4n) is 4.15. The molecule has 0 aliphatic rings. The summed E-state index contributed by atoms with van der Waals surface area (Å²) >= 11 is 0. The van der Waals surface area contributed by atoms with E-state index in [1.54, 1.807) is 0 Å². The number of rotatable bonds is 22. The molecule has 0 rings (SSSR count). The highest BCUT2D eigenvalue weighted by atomic mass is 31.2. The lowest BCUT2D eigenvalue weighted by Gasteiger charge is -2.35. The third-order valence-corrected chi connectivity index (χ3v) is 7.47. The Morgan fingerprint density at radius 1 is 0.667 bits per heavy atom. The smallest absolute Gasteiger partial charge is 0.362 e. The van der Waals surface area contributed by atoms with E-state index in [9.17, 15) is 19.5 Å². The number of hydrogen-bond acceptors (Lipinski definition) is 2. The highest BCUT2D eigenvalue weighted by Gasteiger charge is 2.48. The molecule has 0 aromatic rings. The van der Waals surface area contributed by atoms with Gasteiger partial charge >= 0.3 is 7.60 Å². The molecule has 1 unspecified atom stereocenters. The monoisotopic (exact) mass is 488 g/mol. The molecule has 0 heterocycles. The number of nitrogens with zero attached hydrogens (tertiary/aromatic N) is 1. The average molecular weight is 489 g/mol. The first-order valence-electron chi connectivity index (χ1n) is 13.4. The zero-order valence-corrected chi connectivity index (χ0v) is 23.1. The van der Waals surface area contributed by atoms with Crippen LogP contribution in [-0.4, -0.2) is 52.4 Å². The van der Waals surface area contributed by atoms with Gasteiger partial charge in [-0.3, -0.25) is 4.57 Å². The van der Waals surface area contributed by atoms with Gasteiger partial charge in [0.2, 0.25) is 5.34 Å². The summed E-state index contributed by atoms with van der Waals surface area (Å²) in [4.78, 5) is 19.2. The van der Waals surface area contributed by atoms with E-state index in [0.29, 0.717) is 10.9 Å². The first-order chi connectivity index (χ1) is 15.5. The summed E-state index contributed by atoms with van der Waals surface area (Å²) in [6, 6.07) is 0. The highest BCUT2D eigenvalue weighted by Crippen LogP contribution is 2.52. The second-order valence-corrected chi connectivity index (χ2v) is 12.6. The Kier molecular flexibility index (Phi) is 18.6. The van der Waals surface area contributed by atoms with E-state index in [0.717, 1.165) is 12.8 Å². The minimum atomic E-state index is -4.57. The Morgan fingerprint density at radius 2 is 1.03 bits per heavy atom. The van der Waals surface area contributed by atoms with Crippen molar-refractivity contribution in [2.24, 2.45) is 0 Å². The van der Waals surface area contributed by atoms with Crippen molar-refractivity contribution in [2.45, 2.75) is 121 Å². The van der Waals surface area contributed by atoms with Crippen LogP contribution in [-0.2, 0) is 4.57 Å².